The van der Waals surface area contributed by atoms with Crippen LogP contribution >= 0.6 is 0 Å². The summed E-state index contributed by atoms with van der Waals surface area (Å²) in [5.74, 6) is 0.752. The molecule has 0 radical (unpaired) electrons. The summed E-state index contributed by atoms with van der Waals surface area (Å²) in [7, 11) is -0.693. The first-order valence-electron chi connectivity index (χ1n) is 5.82. The Morgan fingerprint density at radius 3 is 2.71 bits per heavy atom. The lowest BCUT2D eigenvalue weighted by Gasteiger charge is -2.17. The van der Waals surface area contributed by atoms with Gasteiger partial charge in [-0.2, -0.15) is 0 Å². The Morgan fingerprint density at radius 2 is 2.18 bits per heavy atom. The fraction of sp³-hybridized carbons (Fsp3) is 0.818. The summed E-state index contributed by atoms with van der Waals surface area (Å²) in [5.41, 5.74) is 0.919. The smallest absolute Gasteiger partial charge is 0.0965 e. The molecule has 1 unspecified atom stereocenters. The van der Waals surface area contributed by atoms with Gasteiger partial charge in [0.1, 0.15) is 0 Å². The van der Waals surface area contributed by atoms with E-state index in [1.54, 1.807) is 6.26 Å². The Kier molecular flexibility index (Phi) is 5.27. The molecule has 1 aromatic rings. The number of nitrogens with zero attached hydrogens (tertiary/aromatic N) is 3. The summed E-state index contributed by atoms with van der Waals surface area (Å²) in [6.07, 6.45) is 4.62. The lowest BCUT2D eigenvalue weighted by Crippen LogP contribution is -2.22. The third-order valence-electron chi connectivity index (χ3n) is 2.32. The van der Waals surface area contributed by atoms with Crippen LogP contribution in [0.5, 0.6) is 0 Å². The second-order valence-corrected chi connectivity index (χ2v) is 6.69. The molecule has 98 valence electrons. The Hall–Kier alpha value is -0.750. The van der Waals surface area contributed by atoms with Gasteiger partial charge in [-0.25, -0.2) is 4.68 Å². The van der Waals surface area contributed by atoms with Gasteiger partial charge >= 0.3 is 0 Å². The molecule has 1 atom stereocenters. The normalized spacial score (nSPS) is 13.9. The average molecular weight is 258 g/mol. The summed E-state index contributed by atoms with van der Waals surface area (Å²) in [5, 5.41) is 11.5. The molecule has 0 aliphatic heterocycles. The molecule has 1 N–H and O–H groups in total. The summed E-state index contributed by atoms with van der Waals surface area (Å²) in [4.78, 5) is 0. The molecule has 0 saturated heterocycles. The quantitative estimate of drug-likeness (QED) is 0.770. The molecule has 1 rings (SSSR count). The highest BCUT2D eigenvalue weighted by Gasteiger charge is 2.14. The van der Waals surface area contributed by atoms with Crippen molar-refractivity contribution in [3.05, 3.63) is 11.9 Å². The Labute approximate surface area is 105 Å². The van der Waals surface area contributed by atoms with Crippen LogP contribution in [-0.2, 0) is 22.9 Å². The summed E-state index contributed by atoms with van der Waals surface area (Å²) in [6.45, 7) is 7.86. The van der Waals surface area contributed by atoms with Gasteiger partial charge in [0.2, 0.25) is 0 Å². The first-order chi connectivity index (χ1) is 7.89. The monoisotopic (exact) mass is 258 g/mol. The van der Waals surface area contributed by atoms with Gasteiger partial charge in [0.25, 0.3) is 0 Å². The molecule has 6 heteroatoms. The minimum absolute atomic E-state index is 0.0235. The molecular weight excluding hydrogens is 236 g/mol. The fourth-order valence-electron chi connectivity index (χ4n) is 1.32. The molecule has 0 aliphatic carbocycles. The van der Waals surface area contributed by atoms with Gasteiger partial charge in [0.05, 0.1) is 17.4 Å². The third kappa shape index (κ3) is 5.41. The maximum atomic E-state index is 10.8. The third-order valence-corrected chi connectivity index (χ3v) is 3.18. The minimum Gasteiger partial charge on any atom is -0.311 e. The molecule has 0 aromatic carbocycles. The van der Waals surface area contributed by atoms with Crippen LogP contribution in [0, 0.1) is 0 Å². The van der Waals surface area contributed by atoms with Crippen LogP contribution in [0.1, 0.15) is 32.9 Å². The molecule has 17 heavy (non-hydrogen) atoms. The molecule has 0 aliphatic rings. The van der Waals surface area contributed by atoms with E-state index in [4.69, 9.17) is 0 Å². The van der Waals surface area contributed by atoms with Crippen molar-refractivity contribution < 1.29 is 4.21 Å². The molecule has 1 heterocycles. The lowest BCUT2D eigenvalue weighted by molar-refractivity contribution is 0.347. The van der Waals surface area contributed by atoms with E-state index in [0.29, 0.717) is 6.54 Å². The molecule has 5 nitrogen and oxygen atoms in total. The van der Waals surface area contributed by atoms with Crippen LogP contribution in [0.15, 0.2) is 6.20 Å². The Bertz CT molecular complexity index is 370. The van der Waals surface area contributed by atoms with E-state index in [9.17, 15) is 4.21 Å². The molecule has 0 fully saturated rings. The highest BCUT2D eigenvalue weighted by atomic mass is 32.2. The molecule has 0 bridgehead atoms. The van der Waals surface area contributed by atoms with Crippen LogP contribution in [0.2, 0.25) is 0 Å². The number of hydrogen-bond acceptors (Lipinski definition) is 4. The van der Waals surface area contributed by atoms with E-state index < -0.39 is 10.8 Å². The fourth-order valence-corrected chi connectivity index (χ4v) is 1.87. The predicted octanol–water partition coefficient (Wildman–Crippen LogP) is 0.891. The molecule has 0 saturated carbocycles. The van der Waals surface area contributed by atoms with Crippen molar-refractivity contribution in [3.63, 3.8) is 0 Å². The summed E-state index contributed by atoms with van der Waals surface area (Å²) in [6, 6.07) is 0. The number of rotatable bonds is 6. The van der Waals surface area contributed by atoms with Crippen LogP contribution < -0.4 is 5.32 Å². The summed E-state index contributed by atoms with van der Waals surface area (Å²) < 4.78 is 12.7. The van der Waals surface area contributed by atoms with E-state index >= 15 is 0 Å². The van der Waals surface area contributed by atoms with Gasteiger partial charge in [-0.05, 0) is 33.7 Å². The molecule has 0 amide bonds. The first kappa shape index (κ1) is 14.3. The van der Waals surface area contributed by atoms with E-state index in [1.165, 1.54) is 0 Å². The predicted molar refractivity (Wildman–Crippen MR) is 70.3 cm³/mol. The van der Waals surface area contributed by atoms with E-state index in [-0.39, 0.29) is 5.54 Å². The van der Waals surface area contributed by atoms with Crippen LogP contribution in [0.25, 0.3) is 0 Å². The Balaban J connectivity index is 2.28. The van der Waals surface area contributed by atoms with E-state index in [1.807, 2.05) is 10.9 Å². The van der Waals surface area contributed by atoms with Crippen LogP contribution in [0.3, 0.4) is 0 Å². The molecular formula is C11H22N4OS. The minimum atomic E-state index is -0.693. The van der Waals surface area contributed by atoms with Crippen molar-refractivity contribution in [3.8, 4) is 0 Å². The standard InChI is InChI=1S/C11H22N4OS/c1-11(2,3)15-9-10(13-14-15)8-12-6-5-7-17(4)16/h9,12H,5-8H2,1-4H3. The second kappa shape index (κ2) is 6.26. The second-order valence-electron chi connectivity index (χ2n) is 5.13. The van der Waals surface area contributed by atoms with Crippen molar-refractivity contribution in [2.24, 2.45) is 0 Å². The van der Waals surface area contributed by atoms with Crippen molar-refractivity contribution in [1.82, 2.24) is 20.3 Å². The zero-order valence-corrected chi connectivity index (χ0v) is 11.9. The Morgan fingerprint density at radius 1 is 1.47 bits per heavy atom. The van der Waals surface area contributed by atoms with Gasteiger partial charge in [-0.15, -0.1) is 5.10 Å². The topological polar surface area (TPSA) is 59.8 Å². The largest absolute Gasteiger partial charge is 0.311 e. The number of nitrogens with one attached hydrogen (secondary N) is 1. The first-order valence-corrected chi connectivity index (χ1v) is 7.55. The van der Waals surface area contributed by atoms with Gasteiger partial charge in [-0.1, -0.05) is 5.21 Å². The maximum Gasteiger partial charge on any atom is 0.0965 e. The van der Waals surface area contributed by atoms with Crippen LogP contribution in [0.4, 0.5) is 0 Å². The lowest BCUT2D eigenvalue weighted by atomic mass is 10.1. The zero-order chi connectivity index (χ0) is 12.9. The van der Waals surface area contributed by atoms with Crippen molar-refractivity contribution in [1.29, 1.82) is 0 Å². The van der Waals surface area contributed by atoms with E-state index in [0.717, 1.165) is 24.4 Å². The van der Waals surface area contributed by atoms with Gasteiger partial charge in [-0.3, -0.25) is 4.21 Å². The zero-order valence-electron chi connectivity index (χ0n) is 11.1. The van der Waals surface area contributed by atoms with Crippen molar-refractivity contribution >= 4 is 10.8 Å². The maximum absolute atomic E-state index is 10.8. The number of hydrogen-bond donors (Lipinski definition) is 1. The average Bonchev–Trinajstić information content (AvgIpc) is 2.64. The van der Waals surface area contributed by atoms with Gasteiger partial charge in [0.15, 0.2) is 0 Å². The summed E-state index contributed by atoms with van der Waals surface area (Å²) >= 11 is 0. The van der Waals surface area contributed by atoms with Crippen molar-refractivity contribution in [2.45, 2.75) is 39.3 Å². The highest BCUT2D eigenvalue weighted by molar-refractivity contribution is 7.84. The number of aromatic nitrogens is 3. The molecule has 1 aromatic heterocycles. The SMILES string of the molecule is CS(=O)CCCNCc1cn(C(C)(C)C)nn1. The molecule has 0 spiro atoms. The van der Waals surface area contributed by atoms with E-state index in [2.05, 4.69) is 36.4 Å². The van der Waals surface area contributed by atoms with Gasteiger partial charge < -0.3 is 5.32 Å². The van der Waals surface area contributed by atoms with Crippen molar-refractivity contribution in [2.75, 3.05) is 18.6 Å². The van der Waals surface area contributed by atoms with Gasteiger partial charge in [0, 0.05) is 29.4 Å². The van der Waals surface area contributed by atoms with Crippen LogP contribution in [-0.4, -0.2) is 37.8 Å². The highest BCUT2D eigenvalue weighted by Crippen LogP contribution is 2.11.